The molecule has 1 rings (SSSR count). The summed E-state index contributed by atoms with van der Waals surface area (Å²) in [7, 11) is 0. The topological polar surface area (TPSA) is 9.23 Å². The highest BCUT2D eigenvalue weighted by Gasteiger charge is 2.04. The molecule has 15 heavy (non-hydrogen) atoms. The van der Waals surface area contributed by atoms with Gasteiger partial charge in [-0.3, -0.25) is 0 Å². The fourth-order valence-electron chi connectivity index (χ4n) is 1.45. The molecule has 84 valence electrons. The third-order valence-electron chi connectivity index (χ3n) is 2.29. The molecule has 0 N–H and O–H groups in total. The van der Waals surface area contributed by atoms with E-state index in [1.165, 1.54) is 12.1 Å². The van der Waals surface area contributed by atoms with Crippen LogP contribution in [0, 0.1) is 5.82 Å². The second-order valence-corrected chi connectivity index (χ2v) is 3.70. The standard InChI is InChI=1S/C13H19FO/c1-3-5-6-11-7-8-12(14)10-13(11)15-9-4-2/h7-8,10H,3-6,9H2,1-2H3. The summed E-state index contributed by atoms with van der Waals surface area (Å²) in [4.78, 5) is 0. The highest BCUT2D eigenvalue weighted by Crippen LogP contribution is 2.22. The summed E-state index contributed by atoms with van der Waals surface area (Å²) in [6.45, 7) is 4.85. The molecule has 0 aliphatic heterocycles. The molecule has 0 aromatic heterocycles. The van der Waals surface area contributed by atoms with Crippen molar-refractivity contribution in [1.29, 1.82) is 0 Å². The lowest BCUT2D eigenvalue weighted by atomic mass is 10.1. The van der Waals surface area contributed by atoms with Gasteiger partial charge in [0.25, 0.3) is 0 Å². The molecular weight excluding hydrogens is 191 g/mol. The van der Waals surface area contributed by atoms with Crippen molar-refractivity contribution in [2.45, 2.75) is 39.5 Å². The molecule has 1 aromatic rings. The molecule has 0 unspecified atom stereocenters. The van der Waals surface area contributed by atoms with Gasteiger partial charge in [0.2, 0.25) is 0 Å². The number of hydrogen-bond donors (Lipinski definition) is 0. The molecule has 0 radical (unpaired) electrons. The summed E-state index contributed by atoms with van der Waals surface area (Å²) in [6, 6.07) is 4.82. The predicted molar refractivity (Wildman–Crippen MR) is 60.8 cm³/mol. The van der Waals surface area contributed by atoms with Gasteiger partial charge in [0.1, 0.15) is 11.6 Å². The summed E-state index contributed by atoms with van der Waals surface area (Å²) < 4.78 is 18.5. The highest BCUT2D eigenvalue weighted by molar-refractivity contribution is 5.34. The van der Waals surface area contributed by atoms with Gasteiger partial charge in [0, 0.05) is 6.07 Å². The van der Waals surface area contributed by atoms with Crippen molar-refractivity contribution < 1.29 is 9.13 Å². The summed E-state index contributed by atoms with van der Waals surface area (Å²) in [6.07, 6.45) is 4.18. The van der Waals surface area contributed by atoms with Gasteiger partial charge < -0.3 is 4.74 Å². The van der Waals surface area contributed by atoms with Crippen molar-refractivity contribution >= 4 is 0 Å². The van der Waals surface area contributed by atoms with Crippen molar-refractivity contribution in [3.63, 3.8) is 0 Å². The molecule has 0 aliphatic carbocycles. The number of halogens is 1. The smallest absolute Gasteiger partial charge is 0.126 e. The molecular formula is C13H19FO. The van der Waals surface area contributed by atoms with Crippen LogP contribution < -0.4 is 4.74 Å². The number of hydrogen-bond acceptors (Lipinski definition) is 1. The first-order valence-corrected chi connectivity index (χ1v) is 5.69. The zero-order valence-electron chi connectivity index (χ0n) is 9.55. The van der Waals surface area contributed by atoms with Crippen molar-refractivity contribution in [2.75, 3.05) is 6.61 Å². The average molecular weight is 210 g/mol. The van der Waals surface area contributed by atoms with E-state index in [1.54, 1.807) is 0 Å². The number of rotatable bonds is 6. The molecule has 0 spiro atoms. The van der Waals surface area contributed by atoms with Crippen molar-refractivity contribution in [1.82, 2.24) is 0 Å². The van der Waals surface area contributed by atoms with E-state index in [9.17, 15) is 4.39 Å². The summed E-state index contributed by atoms with van der Waals surface area (Å²) in [5, 5.41) is 0. The van der Waals surface area contributed by atoms with Gasteiger partial charge in [0.15, 0.2) is 0 Å². The number of unbranched alkanes of at least 4 members (excludes halogenated alkanes) is 1. The van der Waals surface area contributed by atoms with Gasteiger partial charge in [-0.1, -0.05) is 26.3 Å². The Bertz CT molecular complexity index is 297. The molecule has 0 fully saturated rings. The lowest BCUT2D eigenvalue weighted by molar-refractivity contribution is 0.312. The molecule has 1 nitrogen and oxygen atoms in total. The van der Waals surface area contributed by atoms with Gasteiger partial charge in [-0.25, -0.2) is 4.39 Å². The van der Waals surface area contributed by atoms with Crippen LogP contribution in [0.3, 0.4) is 0 Å². The maximum atomic E-state index is 13.0. The molecule has 0 heterocycles. The van der Waals surface area contributed by atoms with Crippen LogP contribution in [0.2, 0.25) is 0 Å². The van der Waals surface area contributed by atoms with E-state index in [-0.39, 0.29) is 5.82 Å². The number of benzene rings is 1. The number of aryl methyl sites for hydroxylation is 1. The third kappa shape index (κ3) is 3.90. The van der Waals surface area contributed by atoms with Crippen molar-refractivity contribution in [3.8, 4) is 5.75 Å². The Kier molecular flexibility index (Phi) is 5.16. The van der Waals surface area contributed by atoms with E-state index in [4.69, 9.17) is 4.74 Å². The van der Waals surface area contributed by atoms with Crippen LogP contribution in [0.1, 0.15) is 38.7 Å². The lowest BCUT2D eigenvalue weighted by Crippen LogP contribution is -1.99. The normalized spacial score (nSPS) is 10.3. The Morgan fingerprint density at radius 3 is 2.67 bits per heavy atom. The first-order valence-electron chi connectivity index (χ1n) is 5.69. The van der Waals surface area contributed by atoms with Gasteiger partial charge in [-0.15, -0.1) is 0 Å². The Morgan fingerprint density at radius 1 is 1.20 bits per heavy atom. The van der Waals surface area contributed by atoms with Crippen LogP contribution in [0.5, 0.6) is 5.75 Å². The Hall–Kier alpha value is -1.05. The van der Waals surface area contributed by atoms with Crippen LogP contribution in [0.4, 0.5) is 4.39 Å². The second kappa shape index (κ2) is 6.44. The maximum Gasteiger partial charge on any atom is 0.126 e. The van der Waals surface area contributed by atoms with Crippen molar-refractivity contribution in [2.24, 2.45) is 0 Å². The first kappa shape index (κ1) is 12.0. The summed E-state index contributed by atoms with van der Waals surface area (Å²) in [5.41, 5.74) is 1.12. The molecule has 0 saturated heterocycles. The van der Waals surface area contributed by atoms with E-state index >= 15 is 0 Å². The molecule has 0 atom stereocenters. The van der Waals surface area contributed by atoms with Crippen molar-refractivity contribution in [3.05, 3.63) is 29.6 Å². The van der Waals surface area contributed by atoms with E-state index < -0.39 is 0 Å². The largest absolute Gasteiger partial charge is 0.493 e. The van der Waals surface area contributed by atoms with Crippen LogP contribution in [0.25, 0.3) is 0 Å². The third-order valence-corrected chi connectivity index (χ3v) is 2.29. The lowest BCUT2D eigenvalue weighted by Gasteiger charge is -2.10. The Morgan fingerprint density at radius 2 is 2.00 bits per heavy atom. The molecule has 2 heteroatoms. The van der Waals surface area contributed by atoms with Gasteiger partial charge in [0.05, 0.1) is 6.61 Å². The minimum Gasteiger partial charge on any atom is -0.493 e. The first-order chi connectivity index (χ1) is 7.27. The van der Waals surface area contributed by atoms with E-state index in [2.05, 4.69) is 6.92 Å². The molecule has 0 aliphatic rings. The Balaban J connectivity index is 2.73. The summed E-state index contributed by atoms with van der Waals surface area (Å²) in [5.74, 6) is 0.492. The number of ether oxygens (including phenoxy) is 1. The van der Waals surface area contributed by atoms with E-state index in [0.717, 1.165) is 31.2 Å². The van der Waals surface area contributed by atoms with Crippen LogP contribution in [-0.2, 0) is 6.42 Å². The SMILES string of the molecule is CCCCc1ccc(F)cc1OCCC. The molecule has 0 saturated carbocycles. The van der Waals surface area contributed by atoms with Gasteiger partial charge >= 0.3 is 0 Å². The average Bonchev–Trinajstić information content (AvgIpc) is 2.25. The molecule has 0 amide bonds. The fourth-order valence-corrected chi connectivity index (χ4v) is 1.45. The van der Waals surface area contributed by atoms with Crippen LogP contribution >= 0.6 is 0 Å². The summed E-state index contributed by atoms with van der Waals surface area (Å²) >= 11 is 0. The zero-order chi connectivity index (χ0) is 11.1. The minimum absolute atomic E-state index is 0.221. The maximum absolute atomic E-state index is 13.0. The molecule has 0 bridgehead atoms. The quantitative estimate of drug-likeness (QED) is 0.690. The second-order valence-electron chi connectivity index (χ2n) is 3.70. The predicted octanol–water partition coefficient (Wildman–Crippen LogP) is 3.96. The zero-order valence-corrected chi connectivity index (χ0v) is 9.55. The Labute approximate surface area is 91.3 Å². The fraction of sp³-hybridized carbons (Fsp3) is 0.538. The monoisotopic (exact) mass is 210 g/mol. The van der Waals surface area contributed by atoms with E-state index in [0.29, 0.717) is 12.4 Å². The van der Waals surface area contributed by atoms with Gasteiger partial charge in [-0.2, -0.15) is 0 Å². The highest BCUT2D eigenvalue weighted by atomic mass is 19.1. The van der Waals surface area contributed by atoms with Crippen LogP contribution in [0.15, 0.2) is 18.2 Å². The van der Waals surface area contributed by atoms with Crippen LogP contribution in [-0.4, -0.2) is 6.61 Å². The van der Waals surface area contributed by atoms with Gasteiger partial charge in [-0.05, 0) is 30.9 Å². The minimum atomic E-state index is -0.221. The molecule has 1 aromatic carbocycles. The van der Waals surface area contributed by atoms with E-state index in [1.807, 2.05) is 13.0 Å².